The number of carbonyl (C=O) groups is 1. The number of nitrogens with one attached hydrogen (secondary N) is 2. The van der Waals surface area contributed by atoms with Crippen molar-refractivity contribution in [3.63, 3.8) is 0 Å². The van der Waals surface area contributed by atoms with Crippen molar-refractivity contribution in [3.05, 3.63) is 28.9 Å². The number of hydrogen-bond acceptors (Lipinski definition) is 5. The maximum atomic E-state index is 12.5. The number of carbonyl (C=O) groups excluding carboxylic acids is 1. The molecule has 0 spiro atoms. The maximum absolute atomic E-state index is 12.5. The lowest BCUT2D eigenvalue weighted by Crippen LogP contribution is -2.47. The van der Waals surface area contributed by atoms with E-state index in [-0.39, 0.29) is 11.8 Å². The second kappa shape index (κ2) is 6.47. The van der Waals surface area contributed by atoms with Gasteiger partial charge in [0, 0.05) is 18.5 Å². The highest BCUT2D eigenvalue weighted by Gasteiger charge is 2.32. The second-order valence-electron chi connectivity index (χ2n) is 6.24. The molecule has 1 fully saturated rings. The van der Waals surface area contributed by atoms with E-state index in [9.17, 15) is 4.79 Å². The van der Waals surface area contributed by atoms with Gasteiger partial charge in [0.25, 0.3) is 0 Å². The van der Waals surface area contributed by atoms with Gasteiger partial charge in [-0.05, 0) is 26.0 Å². The summed E-state index contributed by atoms with van der Waals surface area (Å²) < 4.78 is 10.8. The van der Waals surface area contributed by atoms with Gasteiger partial charge in [-0.15, -0.1) is 0 Å². The molecule has 0 saturated carbocycles. The van der Waals surface area contributed by atoms with Crippen molar-refractivity contribution in [1.29, 1.82) is 0 Å². The highest BCUT2D eigenvalue weighted by atomic mass is 35.5. The Bertz CT molecular complexity index is 706. The van der Waals surface area contributed by atoms with E-state index in [1.54, 1.807) is 6.07 Å². The number of ether oxygens (including phenoxy) is 1. The van der Waals surface area contributed by atoms with E-state index in [0.29, 0.717) is 36.1 Å². The minimum Gasteiger partial charge on any atom is -0.379 e. The van der Waals surface area contributed by atoms with Crippen molar-refractivity contribution in [2.75, 3.05) is 26.3 Å². The van der Waals surface area contributed by atoms with E-state index in [2.05, 4.69) is 15.8 Å². The number of halogens is 1. The van der Waals surface area contributed by atoms with E-state index in [1.807, 2.05) is 26.0 Å². The van der Waals surface area contributed by atoms with Gasteiger partial charge >= 0.3 is 0 Å². The molecule has 2 heterocycles. The van der Waals surface area contributed by atoms with Crippen LogP contribution < -0.4 is 10.6 Å². The van der Waals surface area contributed by atoms with Gasteiger partial charge in [0.15, 0.2) is 5.58 Å². The number of rotatable bonds is 3. The molecule has 1 unspecified atom stereocenters. The van der Waals surface area contributed by atoms with Crippen LogP contribution in [-0.2, 0) is 15.1 Å². The van der Waals surface area contributed by atoms with Gasteiger partial charge < -0.3 is 19.9 Å². The Hall–Kier alpha value is -1.63. The molecule has 2 N–H and O–H groups in total. The predicted octanol–water partition coefficient (Wildman–Crippen LogP) is 2.07. The van der Waals surface area contributed by atoms with Crippen molar-refractivity contribution >= 4 is 28.5 Å². The van der Waals surface area contributed by atoms with Crippen LogP contribution in [0.3, 0.4) is 0 Å². The number of hydrogen-bond donors (Lipinski definition) is 2. The molecule has 1 atom stereocenters. The van der Waals surface area contributed by atoms with Gasteiger partial charge in [-0.3, -0.25) is 4.79 Å². The summed E-state index contributed by atoms with van der Waals surface area (Å²) in [4.78, 5) is 12.5. The van der Waals surface area contributed by atoms with Gasteiger partial charge in [-0.2, -0.15) is 0 Å². The summed E-state index contributed by atoms with van der Waals surface area (Å²) in [6.45, 7) is 6.20. The molecule has 7 heteroatoms. The van der Waals surface area contributed by atoms with Crippen LogP contribution in [0.4, 0.5) is 0 Å². The molecule has 0 aliphatic carbocycles. The molecule has 1 aliphatic heterocycles. The number of nitrogens with zero attached hydrogens (tertiary/aromatic N) is 1. The van der Waals surface area contributed by atoms with Gasteiger partial charge in [-0.1, -0.05) is 22.8 Å². The Balaban J connectivity index is 1.82. The van der Waals surface area contributed by atoms with Crippen LogP contribution in [-0.4, -0.2) is 37.4 Å². The summed E-state index contributed by atoms with van der Waals surface area (Å²) in [7, 11) is 0. The quantitative estimate of drug-likeness (QED) is 0.896. The van der Waals surface area contributed by atoms with Gasteiger partial charge in [0.2, 0.25) is 5.91 Å². The van der Waals surface area contributed by atoms with Crippen LogP contribution >= 0.6 is 11.6 Å². The Morgan fingerprint density at radius 1 is 1.48 bits per heavy atom. The highest BCUT2D eigenvalue weighted by molar-refractivity contribution is 6.34. The molecule has 1 aromatic carbocycles. The second-order valence-corrected chi connectivity index (χ2v) is 6.65. The first-order valence-corrected chi connectivity index (χ1v) is 8.02. The molecule has 3 rings (SSSR count). The maximum Gasteiger partial charge on any atom is 0.227 e. The van der Waals surface area contributed by atoms with Crippen LogP contribution in [0, 0.1) is 5.92 Å². The standard InChI is InChI=1S/C16H20ClN3O3/c1-16(2,19-15(21)10-8-18-6-7-22-9-10)14-11-4-3-5-12(17)13(11)23-20-14/h3-5,10,18H,6-9H2,1-2H3,(H,19,21). The summed E-state index contributed by atoms with van der Waals surface area (Å²) in [6, 6.07) is 5.47. The summed E-state index contributed by atoms with van der Waals surface area (Å²) in [5.41, 5.74) is 0.510. The Morgan fingerprint density at radius 3 is 3.13 bits per heavy atom. The van der Waals surface area contributed by atoms with E-state index in [1.165, 1.54) is 0 Å². The number of amides is 1. The first-order valence-electron chi connectivity index (χ1n) is 7.64. The topological polar surface area (TPSA) is 76.4 Å². The van der Waals surface area contributed by atoms with Crippen molar-refractivity contribution in [3.8, 4) is 0 Å². The van der Waals surface area contributed by atoms with E-state index in [4.69, 9.17) is 20.9 Å². The lowest BCUT2D eigenvalue weighted by molar-refractivity contribution is -0.128. The van der Waals surface area contributed by atoms with Crippen LogP contribution in [0.2, 0.25) is 5.02 Å². The number of aromatic nitrogens is 1. The zero-order chi connectivity index (χ0) is 16.4. The van der Waals surface area contributed by atoms with Crippen molar-refractivity contribution < 1.29 is 14.1 Å². The smallest absolute Gasteiger partial charge is 0.227 e. The normalized spacial score (nSPS) is 19.5. The SMILES string of the molecule is CC(C)(NC(=O)C1CNCCOC1)c1noc2c(Cl)cccc12. The van der Waals surface area contributed by atoms with Crippen molar-refractivity contribution in [2.24, 2.45) is 5.92 Å². The molecular formula is C16H20ClN3O3. The average molecular weight is 338 g/mol. The molecule has 124 valence electrons. The Morgan fingerprint density at radius 2 is 2.30 bits per heavy atom. The summed E-state index contributed by atoms with van der Waals surface area (Å²) in [5.74, 6) is -0.291. The molecule has 2 aromatic rings. The first kappa shape index (κ1) is 16.2. The molecule has 1 amide bonds. The third kappa shape index (κ3) is 3.34. The predicted molar refractivity (Wildman–Crippen MR) is 87.4 cm³/mol. The summed E-state index contributed by atoms with van der Waals surface area (Å²) in [6.07, 6.45) is 0. The van der Waals surface area contributed by atoms with Crippen LogP contribution in [0.5, 0.6) is 0 Å². The average Bonchev–Trinajstić information content (AvgIpc) is 2.77. The van der Waals surface area contributed by atoms with Crippen molar-refractivity contribution in [2.45, 2.75) is 19.4 Å². The third-order valence-electron chi connectivity index (χ3n) is 3.98. The number of benzene rings is 1. The van der Waals surface area contributed by atoms with Crippen molar-refractivity contribution in [1.82, 2.24) is 15.8 Å². The van der Waals surface area contributed by atoms with Crippen LogP contribution in [0.25, 0.3) is 11.0 Å². The highest BCUT2D eigenvalue weighted by Crippen LogP contribution is 2.31. The van der Waals surface area contributed by atoms with Gasteiger partial charge in [-0.25, -0.2) is 0 Å². The Labute approximate surface area is 139 Å². The minimum absolute atomic E-state index is 0.0671. The van der Waals surface area contributed by atoms with Crippen LogP contribution in [0.1, 0.15) is 19.5 Å². The van der Waals surface area contributed by atoms with E-state index in [0.717, 1.165) is 11.9 Å². The summed E-state index contributed by atoms with van der Waals surface area (Å²) in [5, 5.41) is 11.7. The fourth-order valence-electron chi connectivity index (χ4n) is 2.72. The Kier molecular flexibility index (Phi) is 4.57. The first-order chi connectivity index (χ1) is 11.0. The van der Waals surface area contributed by atoms with Gasteiger partial charge in [0.05, 0.1) is 29.7 Å². The molecule has 1 saturated heterocycles. The zero-order valence-corrected chi connectivity index (χ0v) is 13.9. The van der Waals surface area contributed by atoms with Crippen LogP contribution in [0.15, 0.2) is 22.7 Å². The summed E-state index contributed by atoms with van der Waals surface area (Å²) >= 11 is 6.12. The minimum atomic E-state index is -0.681. The molecule has 1 aromatic heterocycles. The molecule has 6 nitrogen and oxygen atoms in total. The number of fused-ring (bicyclic) bond motifs is 1. The molecule has 0 bridgehead atoms. The molecule has 23 heavy (non-hydrogen) atoms. The zero-order valence-electron chi connectivity index (χ0n) is 13.2. The van der Waals surface area contributed by atoms with E-state index >= 15 is 0 Å². The fraction of sp³-hybridized carbons (Fsp3) is 0.500. The molecular weight excluding hydrogens is 318 g/mol. The fourth-order valence-corrected chi connectivity index (χ4v) is 2.93. The largest absolute Gasteiger partial charge is 0.379 e. The monoisotopic (exact) mass is 337 g/mol. The lowest BCUT2D eigenvalue weighted by atomic mass is 9.96. The lowest BCUT2D eigenvalue weighted by Gasteiger charge is -2.26. The number of para-hydroxylation sites is 1. The third-order valence-corrected chi connectivity index (χ3v) is 4.28. The molecule has 0 radical (unpaired) electrons. The van der Waals surface area contributed by atoms with Gasteiger partial charge in [0.1, 0.15) is 5.69 Å². The van der Waals surface area contributed by atoms with E-state index < -0.39 is 5.54 Å². The molecule has 1 aliphatic rings.